The summed E-state index contributed by atoms with van der Waals surface area (Å²) in [4.78, 5) is 41.0. The first-order chi connectivity index (χ1) is 29.4. The number of carbonyl (C=O) groups excluding carboxylic acids is 2. The van der Waals surface area contributed by atoms with Crippen LogP contribution in [0.1, 0.15) is 131 Å². The maximum Gasteiger partial charge on any atom is 0.490 e. The highest BCUT2D eigenvalue weighted by Gasteiger charge is 2.52. The summed E-state index contributed by atoms with van der Waals surface area (Å²) in [6.45, 7) is 20.6. The molecule has 3 N–H and O–H groups in total. The van der Waals surface area contributed by atoms with Gasteiger partial charge in [-0.3, -0.25) is 19.8 Å². The smallest absolute Gasteiger partial charge is 0.466 e. The highest BCUT2D eigenvalue weighted by Crippen LogP contribution is 2.40. The SMILES string of the molecule is CCOC(=O)C1CC=C(B2OC(C)(C)C(C)(C)O2)CC1.CCOC(=O)C1CC=C(c2nc(C)cc(Cc3cc(C)[nH]n3)n2)CC1.CO.Cc1cc(Cc2cc(C)[nH]n2)nc(Cl)n1. The monoisotopic (exact) mass is 874 g/mol. The minimum Gasteiger partial charge on any atom is -0.466 e. The third kappa shape index (κ3) is 14.4. The van der Waals surface area contributed by atoms with E-state index in [-0.39, 0.29) is 47.4 Å². The highest BCUT2D eigenvalue weighted by molar-refractivity contribution is 6.54. The number of rotatable bonds is 10. The molecular weight excluding hydrogens is 811 g/mol. The molecule has 3 aliphatic rings. The normalized spacial score (nSPS) is 18.7. The van der Waals surface area contributed by atoms with Gasteiger partial charge in [-0.1, -0.05) is 12.2 Å². The van der Waals surface area contributed by atoms with Crippen LogP contribution in [0.2, 0.25) is 5.28 Å². The molecule has 0 saturated carbocycles. The second kappa shape index (κ2) is 23.1. The number of hydrogen-bond acceptors (Lipinski definition) is 13. The molecule has 2 unspecified atom stereocenters. The first-order valence-corrected chi connectivity index (χ1v) is 21.7. The zero-order valence-electron chi connectivity index (χ0n) is 38.2. The summed E-state index contributed by atoms with van der Waals surface area (Å²) in [5.41, 5.74) is 9.34. The van der Waals surface area contributed by atoms with Crippen LogP contribution in [-0.4, -0.2) is 96.0 Å². The zero-order valence-corrected chi connectivity index (χ0v) is 39.0. The van der Waals surface area contributed by atoms with E-state index < -0.39 is 0 Å². The van der Waals surface area contributed by atoms with Gasteiger partial charge in [0.1, 0.15) is 0 Å². The lowest BCUT2D eigenvalue weighted by Crippen LogP contribution is -2.41. The Balaban J connectivity index is 0.000000206. The Morgan fingerprint density at radius 3 is 1.63 bits per heavy atom. The van der Waals surface area contributed by atoms with E-state index in [9.17, 15) is 9.59 Å². The molecular formula is C45H64BClN8O7. The van der Waals surface area contributed by atoms with Crippen LogP contribution in [0, 0.1) is 39.5 Å². The van der Waals surface area contributed by atoms with Gasteiger partial charge in [0.25, 0.3) is 0 Å². The van der Waals surface area contributed by atoms with Crippen LogP contribution in [0.5, 0.6) is 0 Å². The van der Waals surface area contributed by atoms with Gasteiger partial charge < -0.3 is 23.9 Å². The molecule has 17 heteroatoms. The van der Waals surface area contributed by atoms with Crippen molar-refractivity contribution in [2.45, 2.75) is 132 Å². The van der Waals surface area contributed by atoms with Gasteiger partial charge in [0, 0.05) is 42.7 Å². The Morgan fingerprint density at radius 1 is 0.726 bits per heavy atom. The number of carbonyl (C=O) groups is 2. The van der Waals surface area contributed by atoms with Crippen LogP contribution >= 0.6 is 11.6 Å². The van der Waals surface area contributed by atoms with E-state index in [0.717, 1.165) is 102 Å². The zero-order chi connectivity index (χ0) is 45.6. The summed E-state index contributed by atoms with van der Waals surface area (Å²) in [5.74, 6) is 0.528. The van der Waals surface area contributed by atoms with Crippen LogP contribution in [0.15, 0.2) is 41.9 Å². The third-order valence-electron chi connectivity index (χ3n) is 11.0. The van der Waals surface area contributed by atoms with Crippen molar-refractivity contribution in [3.05, 3.63) is 98.5 Å². The van der Waals surface area contributed by atoms with Crippen LogP contribution in [0.25, 0.3) is 5.57 Å². The number of esters is 2. The second-order valence-electron chi connectivity index (χ2n) is 16.6. The van der Waals surface area contributed by atoms with Crippen molar-refractivity contribution < 1.29 is 33.5 Å². The van der Waals surface area contributed by atoms with Crippen molar-refractivity contribution >= 4 is 36.2 Å². The number of nitrogens with one attached hydrogen (secondary N) is 2. The van der Waals surface area contributed by atoms with Gasteiger partial charge in [-0.15, -0.1) is 0 Å². The molecule has 0 radical (unpaired) electrons. The maximum absolute atomic E-state index is 11.9. The van der Waals surface area contributed by atoms with Crippen molar-refractivity contribution in [3.63, 3.8) is 0 Å². The molecule has 0 aromatic carbocycles. The summed E-state index contributed by atoms with van der Waals surface area (Å²) in [5, 5.41) is 21.6. The number of hydrogen-bond donors (Lipinski definition) is 3. The summed E-state index contributed by atoms with van der Waals surface area (Å²) >= 11 is 5.77. The molecule has 4 aromatic heterocycles. The summed E-state index contributed by atoms with van der Waals surface area (Å²) < 4.78 is 22.3. The molecule has 336 valence electrons. The molecule has 1 aliphatic heterocycles. The molecule has 0 amide bonds. The Morgan fingerprint density at radius 2 is 1.21 bits per heavy atom. The van der Waals surface area contributed by atoms with Crippen molar-refractivity contribution in [2.24, 2.45) is 11.8 Å². The van der Waals surface area contributed by atoms with E-state index in [1.54, 1.807) is 0 Å². The van der Waals surface area contributed by atoms with Crippen LogP contribution < -0.4 is 0 Å². The van der Waals surface area contributed by atoms with Gasteiger partial charge in [-0.25, -0.2) is 19.9 Å². The van der Waals surface area contributed by atoms with E-state index in [0.29, 0.717) is 32.5 Å². The fourth-order valence-corrected chi connectivity index (χ4v) is 7.34. The highest BCUT2D eigenvalue weighted by atomic mass is 35.5. The van der Waals surface area contributed by atoms with Crippen LogP contribution in [0.3, 0.4) is 0 Å². The van der Waals surface area contributed by atoms with Crippen molar-refractivity contribution in [1.82, 2.24) is 40.3 Å². The molecule has 0 spiro atoms. The minimum absolute atomic E-state index is 0.0128. The molecule has 5 heterocycles. The van der Waals surface area contributed by atoms with E-state index in [2.05, 4.69) is 75.2 Å². The first-order valence-electron chi connectivity index (χ1n) is 21.3. The lowest BCUT2D eigenvalue weighted by molar-refractivity contribution is -0.149. The van der Waals surface area contributed by atoms with Gasteiger partial charge in [0.2, 0.25) is 5.28 Å². The third-order valence-corrected chi connectivity index (χ3v) is 11.1. The predicted octanol–water partition coefficient (Wildman–Crippen LogP) is 7.73. The first kappa shape index (κ1) is 49.9. The standard InChI is InChI=1S/C19H24N4O2.C15H25BO4.C10H11ClN4.CH4O/c1-4-25-19(24)15-7-5-14(6-8-15)18-20-12(2)9-16(21-18)11-17-10-13(3)22-23-17;1-6-18-13(17)11-7-9-12(10-8-11)16-19-14(2,3)15(4,5)20-16;1-6-3-8(13-10(11)12-6)5-9-4-7(2)14-15-9;1-2/h5,9-10,15H,4,6-8,11H2,1-3H3,(H,22,23);9,11H,6-8,10H2,1-5H3;3-4H,5H2,1-2H3,(H,14,15);2H,1H3. The van der Waals surface area contributed by atoms with Crippen molar-refractivity contribution in [1.29, 1.82) is 0 Å². The van der Waals surface area contributed by atoms with E-state index >= 15 is 0 Å². The molecule has 1 fully saturated rings. The quantitative estimate of drug-likeness (QED) is 0.0795. The molecule has 7 rings (SSSR count). The number of nitrogens with zero attached hydrogens (tertiary/aromatic N) is 6. The van der Waals surface area contributed by atoms with Crippen molar-refractivity contribution in [2.75, 3.05) is 20.3 Å². The Labute approximate surface area is 371 Å². The molecule has 62 heavy (non-hydrogen) atoms. The fourth-order valence-electron chi connectivity index (χ4n) is 7.10. The maximum atomic E-state index is 11.9. The molecule has 4 aromatic rings. The van der Waals surface area contributed by atoms with Gasteiger partial charge in [0.15, 0.2) is 5.82 Å². The average Bonchev–Trinajstić information content (AvgIpc) is 3.90. The van der Waals surface area contributed by atoms with Gasteiger partial charge in [-0.2, -0.15) is 10.2 Å². The molecule has 15 nitrogen and oxygen atoms in total. The van der Waals surface area contributed by atoms with E-state index in [1.807, 2.05) is 65.8 Å². The Kier molecular flexibility index (Phi) is 18.6. The fraction of sp³-hybridized carbons (Fsp3) is 0.556. The van der Waals surface area contributed by atoms with Crippen molar-refractivity contribution in [3.8, 4) is 0 Å². The van der Waals surface area contributed by atoms with E-state index in [4.69, 9.17) is 40.5 Å². The number of aromatic nitrogens is 8. The van der Waals surface area contributed by atoms with E-state index in [1.165, 1.54) is 0 Å². The largest absolute Gasteiger partial charge is 0.490 e. The average molecular weight is 875 g/mol. The molecule has 2 aliphatic carbocycles. The number of ether oxygens (including phenoxy) is 2. The summed E-state index contributed by atoms with van der Waals surface area (Å²) in [6, 6.07) is 7.93. The minimum atomic E-state index is -0.309. The van der Waals surface area contributed by atoms with Crippen LogP contribution in [-0.2, 0) is 41.2 Å². The molecule has 1 saturated heterocycles. The number of aryl methyl sites for hydroxylation is 4. The Hall–Kier alpha value is -4.77. The van der Waals surface area contributed by atoms with Gasteiger partial charge >= 0.3 is 19.1 Å². The Bertz CT molecular complexity index is 2130. The second-order valence-corrected chi connectivity index (χ2v) is 16.9. The number of H-pyrrole nitrogens is 2. The lowest BCUT2D eigenvalue weighted by Gasteiger charge is -2.32. The predicted molar refractivity (Wildman–Crippen MR) is 239 cm³/mol. The molecule has 0 bridgehead atoms. The van der Waals surface area contributed by atoms with Crippen LogP contribution in [0.4, 0.5) is 0 Å². The number of aliphatic hydroxyl groups is 1. The number of halogens is 1. The van der Waals surface area contributed by atoms with Gasteiger partial charge in [0.05, 0.1) is 59.0 Å². The summed E-state index contributed by atoms with van der Waals surface area (Å²) in [6.07, 6.45) is 10.2. The number of aromatic amines is 2. The molecule has 2 atom stereocenters. The van der Waals surface area contributed by atoms with Gasteiger partial charge in [-0.05, 0) is 155 Å². The number of allylic oxidation sites excluding steroid dienone is 4. The topological polar surface area (TPSA) is 200 Å². The number of aliphatic hydroxyl groups excluding tert-OH is 1. The lowest BCUT2D eigenvalue weighted by atomic mass is 9.70. The summed E-state index contributed by atoms with van der Waals surface area (Å²) in [7, 11) is 0.725.